The smallest absolute Gasteiger partial charge is 0.338 e. The highest BCUT2D eigenvalue weighted by Gasteiger charge is 2.24. The molecule has 21 heavy (non-hydrogen) atoms. The van der Waals surface area contributed by atoms with Gasteiger partial charge in [-0.05, 0) is 49.8 Å². The van der Waals surface area contributed by atoms with Crippen LogP contribution in [0.4, 0.5) is 4.39 Å². The number of rotatable bonds is 3. The van der Waals surface area contributed by atoms with Crippen molar-refractivity contribution >= 4 is 25.7 Å². The number of hydrogen-bond acceptors (Lipinski definition) is 4. The predicted molar refractivity (Wildman–Crippen MR) is 76.3 cm³/mol. The van der Waals surface area contributed by atoms with E-state index in [9.17, 15) is 17.6 Å². The monoisotopic (exact) mass is 334 g/mol. The molecule has 1 aromatic carbocycles. The van der Waals surface area contributed by atoms with Gasteiger partial charge in [0.2, 0.25) is 0 Å². The number of benzene rings is 1. The predicted octanol–water partition coefficient (Wildman–Crippen LogP) is 3.49. The number of ether oxygens (including phenoxy) is 1. The fraction of sp³-hybridized carbons (Fsp3) is 0.500. The van der Waals surface area contributed by atoms with Crippen LogP contribution in [0.25, 0.3) is 0 Å². The summed E-state index contributed by atoms with van der Waals surface area (Å²) in [6, 6.07) is 2.99. The number of carbonyl (C=O) groups is 1. The lowest BCUT2D eigenvalue weighted by atomic mass is 9.89. The maximum atomic E-state index is 13.4. The molecule has 0 N–H and O–H groups in total. The van der Waals surface area contributed by atoms with Crippen LogP contribution in [0.5, 0.6) is 0 Å². The summed E-state index contributed by atoms with van der Waals surface area (Å²) in [5.74, 6) is -1.03. The van der Waals surface area contributed by atoms with Gasteiger partial charge in [-0.2, -0.15) is 0 Å². The van der Waals surface area contributed by atoms with Crippen molar-refractivity contribution in [1.29, 1.82) is 0 Å². The highest BCUT2D eigenvalue weighted by atomic mass is 35.7. The van der Waals surface area contributed by atoms with E-state index in [1.54, 1.807) is 0 Å². The van der Waals surface area contributed by atoms with Crippen molar-refractivity contribution in [2.75, 3.05) is 0 Å². The van der Waals surface area contributed by atoms with Crippen LogP contribution in [0.3, 0.4) is 0 Å². The lowest BCUT2D eigenvalue weighted by Gasteiger charge is -2.26. The van der Waals surface area contributed by atoms with Gasteiger partial charge in [0.1, 0.15) is 16.8 Å². The first kappa shape index (κ1) is 16.2. The zero-order chi connectivity index (χ0) is 15.6. The van der Waals surface area contributed by atoms with Gasteiger partial charge in [-0.3, -0.25) is 0 Å². The van der Waals surface area contributed by atoms with Crippen molar-refractivity contribution in [2.45, 2.75) is 43.6 Å². The Hall–Kier alpha value is -1.14. The van der Waals surface area contributed by atoms with Gasteiger partial charge in [0.25, 0.3) is 9.05 Å². The largest absolute Gasteiger partial charge is 0.459 e. The molecule has 1 fully saturated rings. The number of halogens is 2. The molecule has 1 aromatic rings. The van der Waals surface area contributed by atoms with E-state index in [0.29, 0.717) is 5.92 Å². The SMILES string of the molecule is CC1CCC(OC(=O)c2ccc(F)c(S(=O)(=O)Cl)c2)CC1. The lowest BCUT2D eigenvalue weighted by Crippen LogP contribution is -2.23. The van der Waals surface area contributed by atoms with Gasteiger partial charge in [-0.25, -0.2) is 17.6 Å². The maximum absolute atomic E-state index is 13.4. The van der Waals surface area contributed by atoms with Crippen LogP contribution in [0, 0.1) is 11.7 Å². The molecule has 7 heteroatoms. The molecular formula is C14H16ClFO4S. The third kappa shape index (κ3) is 4.17. The average Bonchev–Trinajstić information content (AvgIpc) is 2.40. The molecule has 0 heterocycles. The molecule has 0 bridgehead atoms. The summed E-state index contributed by atoms with van der Waals surface area (Å²) < 4.78 is 41.2. The number of carbonyl (C=O) groups excluding carboxylic acids is 1. The van der Waals surface area contributed by atoms with E-state index >= 15 is 0 Å². The minimum Gasteiger partial charge on any atom is -0.459 e. The van der Waals surface area contributed by atoms with Crippen LogP contribution in [0.2, 0.25) is 0 Å². The average molecular weight is 335 g/mol. The molecular weight excluding hydrogens is 319 g/mol. The molecule has 0 saturated heterocycles. The molecule has 116 valence electrons. The minimum atomic E-state index is -4.24. The summed E-state index contributed by atoms with van der Waals surface area (Å²) in [4.78, 5) is 11.3. The van der Waals surface area contributed by atoms with Crippen LogP contribution in [-0.4, -0.2) is 20.5 Å². The molecule has 0 aliphatic heterocycles. The molecule has 1 saturated carbocycles. The van der Waals surface area contributed by atoms with Crippen molar-refractivity contribution in [1.82, 2.24) is 0 Å². The second-order valence-electron chi connectivity index (χ2n) is 5.37. The van der Waals surface area contributed by atoms with E-state index in [4.69, 9.17) is 15.4 Å². The van der Waals surface area contributed by atoms with Crippen molar-refractivity contribution in [3.05, 3.63) is 29.6 Å². The summed E-state index contributed by atoms with van der Waals surface area (Å²) in [6.45, 7) is 2.15. The first-order chi connectivity index (χ1) is 9.77. The minimum absolute atomic E-state index is 0.0192. The Kier molecular flexibility index (Phi) is 4.88. The van der Waals surface area contributed by atoms with E-state index in [1.807, 2.05) is 0 Å². The van der Waals surface area contributed by atoms with Crippen molar-refractivity contribution < 1.29 is 22.3 Å². The summed E-state index contributed by atoms with van der Waals surface area (Å²) in [5.41, 5.74) is -0.0192. The van der Waals surface area contributed by atoms with Crippen molar-refractivity contribution in [2.24, 2.45) is 5.92 Å². The molecule has 0 spiro atoms. The van der Waals surface area contributed by atoms with E-state index in [2.05, 4.69) is 6.92 Å². The molecule has 1 aliphatic carbocycles. The van der Waals surface area contributed by atoms with Gasteiger partial charge in [-0.1, -0.05) is 6.92 Å². The van der Waals surface area contributed by atoms with Crippen LogP contribution >= 0.6 is 10.7 Å². The summed E-state index contributed by atoms with van der Waals surface area (Å²) in [7, 11) is 0.888. The normalized spacial score (nSPS) is 22.8. The van der Waals surface area contributed by atoms with Gasteiger partial charge >= 0.3 is 5.97 Å². The molecule has 0 atom stereocenters. The molecule has 0 unspecified atom stereocenters. The first-order valence-corrected chi connectivity index (χ1v) is 9.03. The lowest BCUT2D eigenvalue weighted by molar-refractivity contribution is 0.0173. The molecule has 4 nitrogen and oxygen atoms in total. The fourth-order valence-corrected chi connectivity index (χ4v) is 3.31. The molecule has 1 aliphatic rings. The Morgan fingerprint density at radius 3 is 2.48 bits per heavy atom. The second-order valence-corrected chi connectivity index (χ2v) is 7.90. The van der Waals surface area contributed by atoms with Crippen LogP contribution in [0.15, 0.2) is 23.1 Å². The highest BCUT2D eigenvalue weighted by molar-refractivity contribution is 8.13. The Morgan fingerprint density at radius 2 is 1.90 bits per heavy atom. The van der Waals surface area contributed by atoms with Gasteiger partial charge in [0.15, 0.2) is 0 Å². The third-order valence-electron chi connectivity index (χ3n) is 3.67. The van der Waals surface area contributed by atoms with Gasteiger partial charge < -0.3 is 4.74 Å². The van der Waals surface area contributed by atoms with Crippen LogP contribution in [0.1, 0.15) is 43.0 Å². The van der Waals surface area contributed by atoms with Gasteiger partial charge in [0.05, 0.1) is 5.56 Å². The van der Waals surface area contributed by atoms with Crippen molar-refractivity contribution in [3.63, 3.8) is 0 Å². The number of hydrogen-bond donors (Lipinski definition) is 0. The molecule has 2 rings (SSSR count). The van der Waals surface area contributed by atoms with E-state index in [1.165, 1.54) is 6.07 Å². The van der Waals surface area contributed by atoms with E-state index < -0.39 is 25.7 Å². The third-order valence-corrected chi connectivity index (χ3v) is 5.00. The fourth-order valence-electron chi connectivity index (χ4n) is 2.38. The first-order valence-electron chi connectivity index (χ1n) is 6.72. The molecule has 0 amide bonds. The van der Waals surface area contributed by atoms with Crippen molar-refractivity contribution in [3.8, 4) is 0 Å². The second kappa shape index (κ2) is 6.32. The maximum Gasteiger partial charge on any atom is 0.338 e. The quantitative estimate of drug-likeness (QED) is 0.627. The van der Waals surface area contributed by atoms with Gasteiger partial charge in [0, 0.05) is 10.7 Å². The summed E-state index contributed by atoms with van der Waals surface area (Å²) >= 11 is 0. The zero-order valence-corrected chi connectivity index (χ0v) is 13.1. The number of esters is 1. The van der Waals surface area contributed by atoms with Crippen LogP contribution < -0.4 is 0 Å². The highest BCUT2D eigenvalue weighted by Crippen LogP contribution is 2.27. The molecule has 0 radical (unpaired) electrons. The zero-order valence-electron chi connectivity index (χ0n) is 11.5. The Morgan fingerprint density at radius 1 is 1.29 bits per heavy atom. The van der Waals surface area contributed by atoms with Crippen LogP contribution in [-0.2, 0) is 13.8 Å². The van der Waals surface area contributed by atoms with E-state index in [0.717, 1.165) is 37.8 Å². The Labute approximate surface area is 127 Å². The molecule has 0 aromatic heterocycles. The topological polar surface area (TPSA) is 60.4 Å². The standard InChI is InChI=1S/C14H16ClFO4S/c1-9-2-5-11(6-3-9)20-14(17)10-4-7-12(16)13(8-10)21(15,18)19/h4,7-9,11H,2-3,5-6H2,1H3. The van der Waals surface area contributed by atoms with Gasteiger partial charge in [-0.15, -0.1) is 0 Å². The summed E-state index contributed by atoms with van der Waals surface area (Å²) in [6.07, 6.45) is 3.38. The Bertz CT molecular complexity index is 636. The summed E-state index contributed by atoms with van der Waals surface area (Å²) in [5, 5.41) is 0. The van der Waals surface area contributed by atoms with E-state index in [-0.39, 0.29) is 11.7 Å². The Balaban J connectivity index is 2.13.